The zero-order valence-electron chi connectivity index (χ0n) is 10.8. The minimum Gasteiger partial charge on any atom is -0.486 e. The monoisotopic (exact) mass is 388 g/mol. The normalized spacial score (nSPS) is 14.9. The minimum absolute atomic E-state index is 0.477. The fraction of sp³-hybridized carbons (Fsp3) is 0.200. The van der Waals surface area contributed by atoms with E-state index in [1.165, 1.54) is 0 Å². The Morgan fingerprint density at radius 1 is 0.952 bits per heavy atom. The van der Waals surface area contributed by atoms with Crippen molar-refractivity contribution in [1.82, 2.24) is 0 Å². The summed E-state index contributed by atoms with van der Waals surface area (Å²) in [5.41, 5.74) is 1.28. The largest absolute Gasteiger partial charge is 0.486 e. The summed E-state index contributed by atoms with van der Waals surface area (Å²) in [6.45, 7) is 1.01. The molecule has 6 heteroatoms. The summed E-state index contributed by atoms with van der Waals surface area (Å²) in [6.07, 6.45) is -0.869. The van der Waals surface area contributed by atoms with E-state index < -0.39 is 6.10 Å². The molecule has 0 bridgehead atoms. The number of aliphatic hydroxyl groups excluding tert-OH is 1. The molecule has 0 saturated heterocycles. The predicted octanol–water partition coefficient (Wildman–Crippen LogP) is 4.61. The molecule has 2 aromatic rings. The average molecular weight is 390 g/mol. The van der Waals surface area contributed by atoms with Crippen LogP contribution >= 0.6 is 39.1 Å². The van der Waals surface area contributed by atoms with Gasteiger partial charge < -0.3 is 14.6 Å². The quantitative estimate of drug-likeness (QED) is 0.815. The summed E-state index contributed by atoms with van der Waals surface area (Å²) in [4.78, 5) is 0. The highest BCUT2D eigenvalue weighted by Gasteiger charge is 2.20. The number of hydrogen-bond donors (Lipinski definition) is 1. The molecule has 0 fully saturated rings. The van der Waals surface area contributed by atoms with Gasteiger partial charge in [-0.3, -0.25) is 0 Å². The summed E-state index contributed by atoms with van der Waals surface area (Å²) >= 11 is 15.4. The van der Waals surface area contributed by atoms with Crippen molar-refractivity contribution in [2.24, 2.45) is 0 Å². The van der Waals surface area contributed by atoms with Crippen molar-refractivity contribution in [3.05, 3.63) is 56.0 Å². The molecule has 0 saturated carbocycles. The SMILES string of the molecule is OC(c1cc(Cl)cc(Cl)c1)c1cc2c(cc1Br)OCCO2. The Kier molecular flexibility index (Phi) is 4.31. The number of rotatable bonds is 2. The lowest BCUT2D eigenvalue weighted by molar-refractivity contribution is 0.169. The highest BCUT2D eigenvalue weighted by atomic mass is 79.9. The van der Waals surface area contributed by atoms with Gasteiger partial charge in [0.1, 0.15) is 19.3 Å². The van der Waals surface area contributed by atoms with Crippen molar-refractivity contribution >= 4 is 39.1 Å². The summed E-state index contributed by atoms with van der Waals surface area (Å²) in [6, 6.07) is 8.54. The fourth-order valence-corrected chi connectivity index (χ4v) is 3.28. The third-order valence-electron chi connectivity index (χ3n) is 3.16. The molecule has 1 unspecified atom stereocenters. The van der Waals surface area contributed by atoms with E-state index in [1.807, 2.05) is 0 Å². The second-order valence-corrected chi connectivity index (χ2v) is 6.35. The Balaban J connectivity index is 2.02. The van der Waals surface area contributed by atoms with Crippen LogP contribution in [0.4, 0.5) is 0 Å². The zero-order valence-corrected chi connectivity index (χ0v) is 13.9. The Morgan fingerprint density at radius 2 is 1.52 bits per heavy atom. The smallest absolute Gasteiger partial charge is 0.162 e. The van der Waals surface area contributed by atoms with Gasteiger partial charge in [-0.2, -0.15) is 0 Å². The number of ether oxygens (including phenoxy) is 2. The first-order valence-electron chi connectivity index (χ1n) is 6.27. The second kappa shape index (κ2) is 6.05. The van der Waals surface area contributed by atoms with Crippen LogP contribution in [0.25, 0.3) is 0 Å². The van der Waals surface area contributed by atoms with Gasteiger partial charge in [0.25, 0.3) is 0 Å². The van der Waals surface area contributed by atoms with E-state index in [1.54, 1.807) is 30.3 Å². The Morgan fingerprint density at radius 3 is 2.14 bits per heavy atom. The molecule has 21 heavy (non-hydrogen) atoms. The number of halogens is 3. The molecule has 1 atom stereocenters. The van der Waals surface area contributed by atoms with Crippen LogP contribution in [0.1, 0.15) is 17.2 Å². The van der Waals surface area contributed by atoms with Gasteiger partial charge in [-0.1, -0.05) is 39.1 Å². The van der Waals surface area contributed by atoms with Gasteiger partial charge in [0.05, 0.1) is 0 Å². The van der Waals surface area contributed by atoms with Crippen LogP contribution in [0.2, 0.25) is 10.0 Å². The van der Waals surface area contributed by atoms with Crippen molar-refractivity contribution < 1.29 is 14.6 Å². The van der Waals surface area contributed by atoms with Crippen molar-refractivity contribution in [3.63, 3.8) is 0 Å². The van der Waals surface area contributed by atoms with Gasteiger partial charge in [-0.05, 0) is 35.9 Å². The molecule has 1 heterocycles. The molecule has 3 rings (SSSR count). The van der Waals surface area contributed by atoms with Gasteiger partial charge in [-0.15, -0.1) is 0 Å². The molecule has 110 valence electrons. The third-order valence-corrected chi connectivity index (χ3v) is 4.28. The van der Waals surface area contributed by atoms with Crippen LogP contribution in [0.15, 0.2) is 34.8 Å². The summed E-state index contributed by atoms with van der Waals surface area (Å²) in [7, 11) is 0. The van der Waals surface area contributed by atoms with Crippen LogP contribution in [0.3, 0.4) is 0 Å². The maximum Gasteiger partial charge on any atom is 0.162 e. The molecule has 0 amide bonds. The van der Waals surface area contributed by atoms with E-state index in [0.717, 1.165) is 4.47 Å². The van der Waals surface area contributed by atoms with Gasteiger partial charge in [0, 0.05) is 20.1 Å². The average Bonchev–Trinajstić information content (AvgIpc) is 2.44. The van der Waals surface area contributed by atoms with Crippen molar-refractivity contribution in [2.45, 2.75) is 6.10 Å². The van der Waals surface area contributed by atoms with Gasteiger partial charge >= 0.3 is 0 Å². The lowest BCUT2D eigenvalue weighted by Crippen LogP contribution is -2.16. The second-order valence-electron chi connectivity index (χ2n) is 4.62. The Bertz CT molecular complexity index is 671. The standard InChI is InChI=1S/C15H11BrCl2O3/c16-12-7-14-13(20-1-2-21-14)6-11(12)15(19)8-3-9(17)5-10(18)4-8/h3-7,15,19H,1-2H2. The Hall–Kier alpha value is -0.940. The molecule has 0 radical (unpaired) electrons. The van der Waals surface area contributed by atoms with Gasteiger partial charge in [0.2, 0.25) is 0 Å². The van der Waals surface area contributed by atoms with Gasteiger partial charge in [-0.25, -0.2) is 0 Å². The van der Waals surface area contributed by atoms with Gasteiger partial charge in [0.15, 0.2) is 11.5 Å². The van der Waals surface area contributed by atoms with E-state index >= 15 is 0 Å². The first kappa shape index (κ1) is 15.0. The van der Waals surface area contributed by atoms with Crippen molar-refractivity contribution in [3.8, 4) is 11.5 Å². The van der Waals surface area contributed by atoms with Crippen molar-refractivity contribution in [2.75, 3.05) is 13.2 Å². The van der Waals surface area contributed by atoms with Crippen molar-refractivity contribution in [1.29, 1.82) is 0 Å². The molecule has 1 aliphatic heterocycles. The lowest BCUT2D eigenvalue weighted by Gasteiger charge is -2.22. The molecule has 1 aliphatic rings. The Labute approximate surface area is 140 Å². The molecule has 0 spiro atoms. The van der Waals surface area contributed by atoms with Crippen LogP contribution in [0.5, 0.6) is 11.5 Å². The maximum absolute atomic E-state index is 10.6. The molecule has 1 N–H and O–H groups in total. The van der Waals surface area contributed by atoms with E-state index in [9.17, 15) is 5.11 Å². The van der Waals surface area contributed by atoms with Crippen LogP contribution in [-0.4, -0.2) is 18.3 Å². The topological polar surface area (TPSA) is 38.7 Å². The molecule has 2 aromatic carbocycles. The van der Waals surface area contributed by atoms with E-state index in [0.29, 0.717) is 45.9 Å². The molecule has 0 aromatic heterocycles. The number of benzene rings is 2. The summed E-state index contributed by atoms with van der Waals surface area (Å²) in [5.74, 6) is 1.28. The summed E-state index contributed by atoms with van der Waals surface area (Å²) < 4.78 is 11.8. The highest BCUT2D eigenvalue weighted by molar-refractivity contribution is 9.10. The first-order valence-corrected chi connectivity index (χ1v) is 7.82. The van der Waals surface area contributed by atoms with Crippen LogP contribution in [0, 0.1) is 0 Å². The molecular formula is C15H11BrCl2O3. The van der Waals surface area contributed by atoms with E-state index in [-0.39, 0.29) is 0 Å². The maximum atomic E-state index is 10.6. The third kappa shape index (κ3) is 3.14. The zero-order chi connectivity index (χ0) is 15.0. The number of fused-ring (bicyclic) bond motifs is 1. The first-order chi connectivity index (χ1) is 10.0. The summed E-state index contributed by atoms with van der Waals surface area (Å²) in [5, 5.41) is 11.5. The van der Waals surface area contributed by atoms with E-state index in [4.69, 9.17) is 32.7 Å². The number of hydrogen-bond acceptors (Lipinski definition) is 3. The molecule has 3 nitrogen and oxygen atoms in total. The minimum atomic E-state index is -0.869. The predicted molar refractivity (Wildman–Crippen MR) is 85.7 cm³/mol. The number of aliphatic hydroxyl groups is 1. The van der Waals surface area contributed by atoms with Crippen LogP contribution < -0.4 is 9.47 Å². The highest BCUT2D eigenvalue weighted by Crippen LogP contribution is 2.40. The van der Waals surface area contributed by atoms with E-state index in [2.05, 4.69) is 15.9 Å². The molecular weight excluding hydrogens is 379 g/mol. The molecule has 0 aliphatic carbocycles. The van der Waals surface area contributed by atoms with Crippen LogP contribution in [-0.2, 0) is 0 Å². The fourth-order valence-electron chi connectivity index (χ4n) is 2.20. The lowest BCUT2D eigenvalue weighted by atomic mass is 10.0.